The van der Waals surface area contributed by atoms with Crippen LogP contribution in [0.4, 0.5) is 11.6 Å². The zero-order valence-corrected chi connectivity index (χ0v) is 11.1. The Hall–Kier alpha value is -2.18. The van der Waals surface area contributed by atoms with Crippen LogP contribution >= 0.6 is 0 Å². The number of nitrogens with two attached hydrogens (primary N) is 1. The number of anilines is 2. The summed E-state index contributed by atoms with van der Waals surface area (Å²) < 4.78 is 1.80. The van der Waals surface area contributed by atoms with Gasteiger partial charge in [-0.1, -0.05) is 12.1 Å². The van der Waals surface area contributed by atoms with E-state index in [1.54, 1.807) is 16.9 Å². The van der Waals surface area contributed by atoms with Crippen LogP contribution in [0.5, 0.6) is 0 Å². The largest absolute Gasteiger partial charge is 0.384 e. The molecule has 19 heavy (non-hydrogen) atoms. The summed E-state index contributed by atoms with van der Waals surface area (Å²) in [6.45, 7) is 3.73. The molecule has 0 bridgehead atoms. The molecular weight excluding hydrogens is 242 g/mol. The Morgan fingerprint density at radius 1 is 1.37 bits per heavy atom. The predicted molar refractivity (Wildman–Crippen MR) is 73.6 cm³/mol. The molecule has 7 heteroatoms. The zero-order chi connectivity index (χ0) is 13.5. The van der Waals surface area contributed by atoms with Crippen LogP contribution in [0.25, 0.3) is 0 Å². The summed E-state index contributed by atoms with van der Waals surface area (Å²) in [5, 5.41) is 10.9. The van der Waals surface area contributed by atoms with Crippen LogP contribution in [0, 0.1) is 0 Å². The summed E-state index contributed by atoms with van der Waals surface area (Å²) >= 11 is 0. The van der Waals surface area contributed by atoms with Gasteiger partial charge in [0, 0.05) is 31.8 Å². The molecule has 0 aliphatic carbocycles. The predicted octanol–water partition coefficient (Wildman–Crippen LogP) is 1.10. The molecule has 0 aliphatic heterocycles. The minimum atomic E-state index is 0.511. The molecule has 0 spiro atoms. The van der Waals surface area contributed by atoms with Gasteiger partial charge in [-0.15, -0.1) is 5.10 Å². The molecule has 2 aromatic rings. The summed E-state index contributed by atoms with van der Waals surface area (Å²) in [5.74, 6) is 2.09. The van der Waals surface area contributed by atoms with Gasteiger partial charge in [-0.25, -0.2) is 9.97 Å². The van der Waals surface area contributed by atoms with Crippen molar-refractivity contribution in [1.29, 1.82) is 0 Å². The van der Waals surface area contributed by atoms with Crippen molar-refractivity contribution in [2.45, 2.75) is 32.7 Å². The highest BCUT2D eigenvalue weighted by Gasteiger charge is 2.01. The Morgan fingerprint density at radius 3 is 3.00 bits per heavy atom. The molecule has 0 aliphatic rings. The van der Waals surface area contributed by atoms with Gasteiger partial charge in [0.1, 0.15) is 17.5 Å². The summed E-state index contributed by atoms with van der Waals surface area (Å²) in [6, 6.07) is 1.76. The summed E-state index contributed by atoms with van der Waals surface area (Å²) in [4.78, 5) is 8.62. The maximum atomic E-state index is 5.76. The lowest BCUT2D eigenvalue weighted by atomic mass is 10.3. The van der Waals surface area contributed by atoms with Gasteiger partial charge in [0.25, 0.3) is 0 Å². The lowest BCUT2D eigenvalue weighted by Crippen LogP contribution is -2.10. The molecule has 2 aromatic heterocycles. The summed E-state index contributed by atoms with van der Waals surface area (Å²) in [7, 11) is 0. The van der Waals surface area contributed by atoms with Crippen LogP contribution in [-0.4, -0.2) is 31.5 Å². The van der Waals surface area contributed by atoms with Gasteiger partial charge >= 0.3 is 0 Å². The molecule has 0 saturated carbocycles. The number of aryl methyl sites for hydroxylation is 2. The van der Waals surface area contributed by atoms with Crippen molar-refractivity contribution < 1.29 is 0 Å². The van der Waals surface area contributed by atoms with Crippen molar-refractivity contribution in [1.82, 2.24) is 25.0 Å². The highest BCUT2D eigenvalue weighted by molar-refractivity contribution is 5.44. The van der Waals surface area contributed by atoms with Crippen molar-refractivity contribution in [3.63, 3.8) is 0 Å². The number of nitrogens with zero attached hydrogens (tertiary/aromatic N) is 5. The van der Waals surface area contributed by atoms with Crippen molar-refractivity contribution >= 4 is 11.6 Å². The number of rotatable bonds is 7. The molecule has 2 heterocycles. The molecular formula is C12H19N7. The smallest absolute Gasteiger partial charge is 0.133 e. The Labute approximate surface area is 112 Å². The van der Waals surface area contributed by atoms with Crippen LogP contribution < -0.4 is 11.1 Å². The normalized spacial score (nSPS) is 10.6. The molecule has 0 unspecified atom stereocenters. The summed E-state index contributed by atoms with van der Waals surface area (Å²) in [6.07, 6.45) is 6.32. The van der Waals surface area contributed by atoms with Gasteiger partial charge in [-0.2, -0.15) is 0 Å². The van der Waals surface area contributed by atoms with Gasteiger partial charge in [-0.05, 0) is 12.8 Å². The van der Waals surface area contributed by atoms with E-state index in [0.717, 1.165) is 44.0 Å². The van der Waals surface area contributed by atoms with Crippen LogP contribution in [0.1, 0.15) is 25.6 Å². The van der Waals surface area contributed by atoms with E-state index in [1.165, 1.54) is 0 Å². The van der Waals surface area contributed by atoms with E-state index in [9.17, 15) is 0 Å². The molecule has 0 amide bonds. The molecule has 0 radical (unpaired) electrons. The molecule has 102 valence electrons. The van der Waals surface area contributed by atoms with E-state index in [-0.39, 0.29) is 0 Å². The second-order valence-corrected chi connectivity index (χ2v) is 4.29. The minimum Gasteiger partial charge on any atom is -0.384 e. The third-order valence-corrected chi connectivity index (χ3v) is 2.61. The minimum absolute atomic E-state index is 0.511. The van der Waals surface area contributed by atoms with Crippen molar-refractivity contribution in [2.75, 3.05) is 17.6 Å². The van der Waals surface area contributed by atoms with Gasteiger partial charge in [0.2, 0.25) is 0 Å². The first kappa shape index (κ1) is 13.3. The second-order valence-electron chi connectivity index (χ2n) is 4.29. The average molecular weight is 261 g/mol. The van der Waals surface area contributed by atoms with E-state index >= 15 is 0 Å². The van der Waals surface area contributed by atoms with Crippen molar-refractivity contribution in [3.05, 3.63) is 24.3 Å². The monoisotopic (exact) mass is 261 g/mol. The second kappa shape index (κ2) is 6.67. The maximum absolute atomic E-state index is 5.76. The first-order chi connectivity index (χ1) is 9.28. The average Bonchev–Trinajstić information content (AvgIpc) is 2.87. The van der Waals surface area contributed by atoms with Gasteiger partial charge in [-0.3, -0.25) is 4.68 Å². The Bertz CT molecular complexity index is 495. The zero-order valence-electron chi connectivity index (χ0n) is 11.1. The third-order valence-electron chi connectivity index (χ3n) is 2.61. The van der Waals surface area contributed by atoms with Crippen LogP contribution in [-0.2, 0) is 13.0 Å². The highest BCUT2D eigenvalue weighted by atomic mass is 15.4. The van der Waals surface area contributed by atoms with E-state index in [4.69, 9.17) is 5.73 Å². The molecule has 0 aromatic carbocycles. The molecule has 3 N–H and O–H groups in total. The van der Waals surface area contributed by atoms with Crippen LogP contribution in [0.15, 0.2) is 18.5 Å². The molecule has 0 fully saturated rings. The van der Waals surface area contributed by atoms with Crippen molar-refractivity contribution in [2.24, 2.45) is 0 Å². The quantitative estimate of drug-likeness (QED) is 0.725. The molecule has 0 atom stereocenters. The molecule has 2 rings (SSSR count). The van der Waals surface area contributed by atoms with Crippen molar-refractivity contribution in [3.8, 4) is 0 Å². The highest BCUT2D eigenvalue weighted by Crippen LogP contribution is 2.09. The Balaban J connectivity index is 1.81. The Kier molecular flexibility index (Phi) is 4.66. The lowest BCUT2D eigenvalue weighted by Gasteiger charge is -2.08. The van der Waals surface area contributed by atoms with Crippen LogP contribution in [0.2, 0.25) is 0 Å². The SMILES string of the molecule is CCCc1nc(N)cc(NCCCn2ccnn2)n1. The summed E-state index contributed by atoms with van der Waals surface area (Å²) in [5.41, 5.74) is 5.76. The number of aromatic nitrogens is 5. The molecule has 0 saturated heterocycles. The fourth-order valence-electron chi connectivity index (χ4n) is 1.75. The lowest BCUT2D eigenvalue weighted by molar-refractivity contribution is 0.569. The van der Waals surface area contributed by atoms with E-state index < -0.39 is 0 Å². The van der Waals surface area contributed by atoms with Gasteiger partial charge in [0.05, 0.1) is 6.20 Å². The first-order valence-electron chi connectivity index (χ1n) is 6.49. The van der Waals surface area contributed by atoms with Crippen LogP contribution in [0.3, 0.4) is 0 Å². The van der Waals surface area contributed by atoms with Gasteiger partial charge in [0.15, 0.2) is 0 Å². The first-order valence-corrected chi connectivity index (χ1v) is 6.49. The number of nitrogen functional groups attached to an aromatic ring is 1. The fraction of sp³-hybridized carbons (Fsp3) is 0.500. The third kappa shape index (κ3) is 4.20. The maximum Gasteiger partial charge on any atom is 0.133 e. The van der Waals surface area contributed by atoms with E-state index in [1.807, 2.05) is 6.20 Å². The fourth-order valence-corrected chi connectivity index (χ4v) is 1.75. The topological polar surface area (TPSA) is 94.5 Å². The number of hydrogen-bond donors (Lipinski definition) is 2. The standard InChI is InChI=1S/C12H19N7/c1-2-4-11-16-10(13)9-12(17-11)14-5-3-7-19-8-6-15-18-19/h6,8-9H,2-5,7H2,1H3,(H3,13,14,16,17). The molecule has 7 nitrogen and oxygen atoms in total. The number of hydrogen-bond acceptors (Lipinski definition) is 6. The van der Waals surface area contributed by atoms with E-state index in [2.05, 4.69) is 32.5 Å². The Morgan fingerprint density at radius 2 is 2.26 bits per heavy atom. The van der Waals surface area contributed by atoms with E-state index in [0.29, 0.717) is 5.82 Å². The van der Waals surface area contributed by atoms with Gasteiger partial charge < -0.3 is 11.1 Å². The number of nitrogens with one attached hydrogen (secondary N) is 1.